The van der Waals surface area contributed by atoms with Crippen molar-refractivity contribution in [2.45, 2.75) is 26.3 Å². The molecule has 1 unspecified atom stereocenters. The number of nitrogens with one attached hydrogen (secondary N) is 1. The Morgan fingerprint density at radius 3 is 2.18 bits per heavy atom. The molecule has 1 aliphatic heterocycles. The fourth-order valence-corrected chi connectivity index (χ4v) is 2.97. The fourth-order valence-electron chi connectivity index (χ4n) is 2.97. The highest BCUT2D eigenvalue weighted by molar-refractivity contribution is 5.94. The Bertz CT molecular complexity index is 686. The predicted molar refractivity (Wildman–Crippen MR) is 107 cm³/mol. The predicted octanol–water partition coefficient (Wildman–Crippen LogP) is 1.09. The number of piperazine rings is 1. The van der Waals surface area contributed by atoms with Crippen molar-refractivity contribution in [3.05, 3.63) is 34.4 Å². The summed E-state index contributed by atoms with van der Waals surface area (Å²) in [5.41, 5.74) is 0.619. The summed E-state index contributed by atoms with van der Waals surface area (Å²) in [6, 6.07) is 6.11. The second-order valence-electron chi connectivity index (χ2n) is 7.16. The lowest BCUT2D eigenvalue weighted by Crippen LogP contribution is -2.52. The summed E-state index contributed by atoms with van der Waals surface area (Å²) in [4.78, 5) is 40.4. The first-order chi connectivity index (χ1) is 13.3. The van der Waals surface area contributed by atoms with Crippen molar-refractivity contribution < 1.29 is 14.5 Å². The lowest BCUT2D eigenvalue weighted by molar-refractivity contribution is -0.384. The van der Waals surface area contributed by atoms with E-state index in [1.807, 2.05) is 13.8 Å². The van der Waals surface area contributed by atoms with Gasteiger partial charge in [-0.3, -0.25) is 29.5 Å². The number of anilines is 1. The van der Waals surface area contributed by atoms with Gasteiger partial charge in [-0.05, 0) is 25.5 Å². The Balaban J connectivity index is 1.78. The van der Waals surface area contributed by atoms with Gasteiger partial charge in [0.25, 0.3) is 5.69 Å². The smallest absolute Gasteiger partial charge is 0.269 e. The van der Waals surface area contributed by atoms with Crippen molar-refractivity contribution in [1.82, 2.24) is 15.1 Å². The monoisotopic (exact) mass is 391 g/mol. The maximum atomic E-state index is 12.5. The number of amides is 2. The topological polar surface area (TPSA) is 99.0 Å². The number of nitro benzene ring substituents is 1. The van der Waals surface area contributed by atoms with Gasteiger partial charge in [-0.2, -0.15) is 0 Å². The number of non-ortho nitro benzene ring substituents is 1. The summed E-state index contributed by atoms with van der Waals surface area (Å²) >= 11 is 0. The Hall–Kier alpha value is -2.52. The first kappa shape index (κ1) is 21.8. The van der Waals surface area contributed by atoms with Crippen LogP contribution in [0, 0.1) is 10.1 Å². The molecule has 1 heterocycles. The Kier molecular flexibility index (Phi) is 7.89. The zero-order valence-electron chi connectivity index (χ0n) is 16.8. The van der Waals surface area contributed by atoms with Crippen LogP contribution >= 0.6 is 0 Å². The molecule has 2 rings (SSSR count). The van der Waals surface area contributed by atoms with E-state index >= 15 is 0 Å². The number of nitro groups is 1. The van der Waals surface area contributed by atoms with Gasteiger partial charge in [0, 0.05) is 57.1 Å². The third-order valence-corrected chi connectivity index (χ3v) is 5.03. The molecule has 154 valence electrons. The molecule has 0 radical (unpaired) electrons. The van der Waals surface area contributed by atoms with Gasteiger partial charge in [0.15, 0.2) is 0 Å². The van der Waals surface area contributed by atoms with Crippen LogP contribution in [0.2, 0.25) is 0 Å². The maximum Gasteiger partial charge on any atom is 0.269 e. The SMILES string of the molecule is CCC(C)NC(=O)CN1CCN(CC(=O)N(C)c2ccc([N+](=O)[O-])cc2)CC1. The Morgan fingerprint density at radius 1 is 1.14 bits per heavy atom. The highest BCUT2D eigenvalue weighted by Crippen LogP contribution is 2.18. The van der Waals surface area contributed by atoms with Crippen LogP contribution in [0.5, 0.6) is 0 Å². The number of benzene rings is 1. The number of hydrogen-bond acceptors (Lipinski definition) is 6. The average molecular weight is 391 g/mol. The average Bonchev–Trinajstić information content (AvgIpc) is 2.68. The minimum Gasteiger partial charge on any atom is -0.353 e. The molecule has 0 aromatic heterocycles. The van der Waals surface area contributed by atoms with E-state index < -0.39 is 4.92 Å². The third kappa shape index (κ3) is 6.28. The van der Waals surface area contributed by atoms with Gasteiger partial charge in [-0.1, -0.05) is 6.92 Å². The van der Waals surface area contributed by atoms with Crippen molar-refractivity contribution >= 4 is 23.2 Å². The fraction of sp³-hybridized carbons (Fsp3) is 0.579. The molecule has 1 aromatic rings. The Morgan fingerprint density at radius 2 is 1.68 bits per heavy atom. The highest BCUT2D eigenvalue weighted by atomic mass is 16.6. The molecule has 1 saturated heterocycles. The van der Waals surface area contributed by atoms with Gasteiger partial charge in [0.05, 0.1) is 18.0 Å². The number of carbonyl (C=O) groups is 2. The lowest BCUT2D eigenvalue weighted by atomic mass is 10.2. The van der Waals surface area contributed by atoms with Crippen LogP contribution in [0.3, 0.4) is 0 Å². The first-order valence-corrected chi connectivity index (χ1v) is 9.55. The van der Waals surface area contributed by atoms with E-state index in [0.29, 0.717) is 12.2 Å². The number of likely N-dealkylation sites (N-methyl/N-ethyl adjacent to an activating group) is 1. The van der Waals surface area contributed by atoms with Gasteiger partial charge >= 0.3 is 0 Å². The second-order valence-corrected chi connectivity index (χ2v) is 7.16. The molecule has 0 aliphatic carbocycles. The summed E-state index contributed by atoms with van der Waals surface area (Å²) in [6.45, 7) is 7.60. The largest absolute Gasteiger partial charge is 0.353 e. The molecular formula is C19H29N5O4. The van der Waals surface area contributed by atoms with Gasteiger partial charge in [-0.15, -0.1) is 0 Å². The van der Waals surface area contributed by atoms with Crippen LogP contribution in [0.1, 0.15) is 20.3 Å². The maximum absolute atomic E-state index is 12.5. The molecule has 28 heavy (non-hydrogen) atoms. The summed E-state index contributed by atoms with van der Waals surface area (Å²) < 4.78 is 0. The van der Waals surface area contributed by atoms with Gasteiger partial charge in [-0.25, -0.2) is 0 Å². The molecule has 9 heteroatoms. The van der Waals surface area contributed by atoms with Crippen LogP contribution in [0.15, 0.2) is 24.3 Å². The van der Waals surface area contributed by atoms with Crippen LogP contribution in [0.25, 0.3) is 0 Å². The molecule has 2 amide bonds. The van der Waals surface area contributed by atoms with Crippen LogP contribution in [-0.2, 0) is 9.59 Å². The van der Waals surface area contributed by atoms with E-state index in [-0.39, 0.29) is 30.1 Å². The third-order valence-electron chi connectivity index (χ3n) is 5.03. The molecule has 1 aromatic carbocycles. The van der Waals surface area contributed by atoms with Crippen molar-refractivity contribution in [3.63, 3.8) is 0 Å². The van der Waals surface area contributed by atoms with Crippen molar-refractivity contribution in [3.8, 4) is 0 Å². The number of nitrogens with zero attached hydrogens (tertiary/aromatic N) is 4. The number of carbonyl (C=O) groups excluding carboxylic acids is 2. The molecule has 1 aliphatic rings. The second kappa shape index (κ2) is 10.1. The van der Waals surface area contributed by atoms with Crippen LogP contribution in [-0.4, -0.2) is 78.9 Å². The highest BCUT2D eigenvalue weighted by Gasteiger charge is 2.22. The summed E-state index contributed by atoms with van der Waals surface area (Å²) in [6.07, 6.45) is 0.907. The quantitative estimate of drug-likeness (QED) is 0.526. The van der Waals surface area contributed by atoms with Crippen molar-refractivity contribution in [2.24, 2.45) is 0 Å². The van der Waals surface area contributed by atoms with E-state index in [4.69, 9.17) is 0 Å². The van der Waals surface area contributed by atoms with Gasteiger partial charge < -0.3 is 10.2 Å². The molecule has 1 atom stereocenters. The van der Waals surface area contributed by atoms with E-state index in [1.165, 1.54) is 17.0 Å². The van der Waals surface area contributed by atoms with E-state index in [1.54, 1.807) is 19.2 Å². The molecule has 0 bridgehead atoms. The van der Waals surface area contributed by atoms with E-state index in [0.717, 1.165) is 32.6 Å². The molecule has 1 N–H and O–H groups in total. The van der Waals surface area contributed by atoms with Crippen molar-refractivity contribution in [1.29, 1.82) is 0 Å². The molecular weight excluding hydrogens is 362 g/mol. The van der Waals surface area contributed by atoms with E-state index in [9.17, 15) is 19.7 Å². The minimum absolute atomic E-state index is 0.00177. The van der Waals surface area contributed by atoms with E-state index in [2.05, 4.69) is 15.1 Å². The molecule has 9 nitrogen and oxygen atoms in total. The first-order valence-electron chi connectivity index (χ1n) is 9.55. The van der Waals surface area contributed by atoms with Crippen LogP contribution in [0.4, 0.5) is 11.4 Å². The Labute approximate surface area is 165 Å². The van der Waals surface area contributed by atoms with Gasteiger partial charge in [0.2, 0.25) is 11.8 Å². The lowest BCUT2D eigenvalue weighted by Gasteiger charge is -2.34. The standard InChI is InChI=1S/C19H29N5O4/c1-4-15(2)20-18(25)13-22-9-11-23(12-10-22)14-19(26)21(3)16-5-7-17(8-6-16)24(27)28/h5-8,15H,4,9-14H2,1-3H3,(H,20,25). The molecule has 1 fully saturated rings. The normalized spacial score (nSPS) is 16.4. The molecule has 0 saturated carbocycles. The summed E-state index contributed by atoms with van der Waals surface area (Å²) in [5.74, 6) is -0.0337. The minimum atomic E-state index is -0.464. The summed E-state index contributed by atoms with van der Waals surface area (Å²) in [7, 11) is 1.67. The zero-order chi connectivity index (χ0) is 20.7. The number of rotatable bonds is 8. The van der Waals surface area contributed by atoms with Crippen molar-refractivity contribution in [2.75, 3.05) is 51.2 Å². The number of hydrogen-bond donors (Lipinski definition) is 1. The van der Waals surface area contributed by atoms with Gasteiger partial charge in [0.1, 0.15) is 0 Å². The summed E-state index contributed by atoms with van der Waals surface area (Å²) in [5, 5.41) is 13.7. The molecule has 0 spiro atoms. The zero-order valence-corrected chi connectivity index (χ0v) is 16.8. The van der Waals surface area contributed by atoms with Crippen LogP contribution < -0.4 is 10.2 Å².